The second-order valence-electron chi connectivity index (χ2n) is 7.89. The van der Waals surface area contributed by atoms with Gasteiger partial charge in [0.15, 0.2) is 6.61 Å². The number of para-hydroxylation sites is 1. The predicted octanol–water partition coefficient (Wildman–Crippen LogP) is 4.18. The van der Waals surface area contributed by atoms with Crippen molar-refractivity contribution in [3.63, 3.8) is 0 Å². The minimum absolute atomic E-state index is 0.0401. The molecule has 1 N–H and O–H groups in total. The van der Waals surface area contributed by atoms with Crippen LogP contribution >= 0.6 is 0 Å². The van der Waals surface area contributed by atoms with E-state index >= 15 is 0 Å². The Balaban J connectivity index is 1.58. The van der Waals surface area contributed by atoms with Gasteiger partial charge < -0.3 is 15.0 Å². The van der Waals surface area contributed by atoms with E-state index in [4.69, 9.17) is 4.74 Å². The van der Waals surface area contributed by atoms with Gasteiger partial charge in [-0.15, -0.1) is 0 Å². The number of ether oxygens (including phenoxy) is 1. The van der Waals surface area contributed by atoms with Gasteiger partial charge in [0, 0.05) is 24.3 Å². The average Bonchev–Trinajstić information content (AvgIpc) is 3.15. The Morgan fingerprint density at radius 2 is 2.00 bits per heavy atom. The van der Waals surface area contributed by atoms with Crippen LogP contribution in [0.3, 0.4) is 0 Å². The fourth-order valence-corrected chi connectivity index (χ4v) is 3.59. The molecule has 1 fully saturated rings. The molecule has 31 heavy (non-hydrogen) atoms. The lowest BCUT2D eigenvalue weighted by Crippen LogP contribution is -2.29. The van der Waals surface area contributed by atoms with E-state index in [2.05, 4.69) is 19.2 Å². The van der Waals surface area contributed by atoms with Gasteiger partial charge in [-0.05, 0) is 48.6 Å². The third kappa shape index (κ3) is 5.29. The van der Waals surface area contributed by atoms with E-state index in [1.807, 2.05) is 24.3 Å². The Morgan fingerprint density at radius 1 is 1.26 bits per heavy atom. The molecule has 7 heteroatoms. The minimum atomic E-state index is -0.637. The summed E-state index contributed by atoms with van der Waals surface area (Å²) in [5.74, 6) is -2.09. The molecule has 2 aromatic rings. The van der Waals surface area contributed by atoms with Crippen LogP contribution in [0.25, 0.3) is 0 Å². The Labute approximate surface area is 181 Å². The van der Waals surface area contributed by atoms with Crippen molar-refractivity contribution in [2.45, 2.75) is 39.5 Å². The maximum Gasteiger partial charge on any atom is 0.311 e. The topological polar surface area (TPSA) is 75.7 Å². The van der Waals surface area contributed by atoms with Crippen LogP contribution in [0.2, 0.25) is 0 Å². The van der Waals surface area contributed by atoms with Crippen LogP contribution < -0.4 is 10.2 Å². The number of amides is 2. The number of esters is 1. The van der Waals surface area contributed by atoms with Crippen molar-refractivity contribution in [2.24, 2.45) is 5.92 Å². The van der Waals surface area contributed by atoms with E-state index in [0.717, 1.165) is 17.7 Å². The summed E-state index contributed by atoms with van der Waals surface area (Å²) < 4.78 is 18.7. The zero-order valence-electron chi connectivity index (χ0n) is 18.0. The fraction of sp³-hybridized carbons (Fsp3) is 0.375. The summed E-state index contributed by atoms with van der Waals surface area (Å²) in [4.78, 5) is 38.7. The summed E-state index contributed by atoms with van der Waals surface area (Å²) >= 11 is 0. The van der Waals surface area contributed by atoms with Crippen LogP contribution in [0.4, 0.5) is 15.8 Å². The summed E-state index contributed by atoms with van der Waals surface area (Å²) in [6.07, 6.45) is 0.975. The monoisotopic (exact) mass is 426 g/mol. The summed E-state index contributed by atoms with van der Waals surface area (Å²) in [6.45, 7) is 5.53. The first-order chi connectivity index (χ1) is 14.8. The number of nitrogens with one attached hydrogen (secondary N) is 1. The van der Waals surface area contributed by atoms with Crippen LogP contribution in [0.1, 0.15) is 43.7 Å². The normalized spacial score (nSPS) is 16.8. The molecule has 1 aliphatic heterocycles. The van der Waals surface area contributed by atoms with Gasteiger partial charge in [-0.3, -0.25) is 14.4 Å². The molecule has 2 atom stereocenters. The molecule has 0 spiro atoms. The maximum absolute atomic E-state index is 13.6. The highest BCUT2D eigenvalue weighted by Crippen LogP contribution is 2.33. The predicted molar refractivity (Wildman–Crippen MR) is 116 cm³/mol. The number of rotatable bonds is 7. The highest BCUT2D eigenvalue weighted by molar-refractivity contribution is 6.00. The molecule has 2 aromatic carbocycles. The number of aryl methyl sites for hydroxylation is 1. The van der Waals surface area contributed by atoms with E-state index in [-0.39, 0.29) is 30.5 Å². The first-order valence-electron chi connectivity index (χ1n) is 10.4. The van der Waals surface area contributed by atoms with E-state index in [0.29, 0.717) is 5.56 Å². The number of hydrogen-bond donors (Lipinski definition) is 1. The molecule has 0 saturated carbocycles. The van der Waals surface area contributed by atoms with E-state index in [1.165, 1.54) is 6.07 Å². The maximum atomic E-state index is 13.6. The molecule has 0 bridgehead atoms. The first kappa shape index (κ1) is 22.5. The van der Waals surface area contributed by atoms with Crippen molar-refractivity contribution < 1.29 is 23.5 Å². The molecule has 0 unspecified atom stereocenters. The largest absolute Gasteiger partial charge is 0.455 e. The van der Waals surface area contributed by atoms with Crippen molar-refractivity contribution >= 4 is 29.2 Å². The number of carbonyl (C=O) groups is 3. The van der Waals surface area contributed by atoms with Gasteiger partial charge >= 0.3 is 5.97 Å². The van der Waals surface area contributed by atoms with Crippen molar-refractivity contribution in [3.8, 4) is 0 Å². The standard InChI is InChI=1S/C24H27FN2O4/c1-4-15(2)19-7-5-6-8-21(19)27-13-17(11-23(27)29)24(30)31-14-22(28)26-18-10-9-16(3)20(25)12-18/h5-10,12,15,17H,4,11,13-14H2,1-3H3,(H,26,28)/t15-,17-/m0/s1. The van der Waals surface area contributed by atoms with Crippen molar-refractivity contribution in [3.05, 3.63) is 59.4 Å². The summed E-state index contributed by atoms with van der Waals surface area (Å²) in [5.41, 5.74) is 2.64. The quantitative estimate of drug-likeness (QED) is 0.674. The molecular formula is C24H27FN2O4. The molecule has 1 heterocycles. The number of anilines is 2. The summed E-state index contributed by atoms with van der Waals surface area (Å²) in [6, 6.07) is 12.0. The molecule has 3 rings (SSSR count). The lowest BCUT2D eigenvalue weighted by molar-refractivity contribution is -0.151. The number of halogens is 1. The van der Waals surface area contributed by atoms with E-state index in [9.17, 15) is 18.8 Å². The molecule has 0 aliphatic carbocycles. The molecular weight excluding hydrogens is 399 g/mol. The average molecular weight is 426 g/mol. The second-order valence-corrected chi connectivity index (χ2v) is 7.89. The lowest BCUT2D eigenvalue weighted by atomic mass is 9.96. The zero-order valence-corrected chi connectivity index (χ0v) is 18.0. The minimum Gasteiger partial charge on any atom is -0.455 e. The van der Waals surface area contributed by atoms with Crippen LogP contribution in [0, 0.1) is 18.7 Å². The van der Waals surface area contributed by atoms with Crippen LogP contribution in [0.15, 0.2) is 42.5 Å². The summed E-state index contributed by atoms with van der Waals surface area (Å²) in [7, 11) is 0. The highest BCUT2D eigenvalue weighted by Gasteiger charge is 2.37. The zero-order chi connectivity index (χ0) is 22.5. The Hall–Kier alpha value is -3.22. The Morgan fingerprint density at radius 3 is 2.71 bits per heavy atom. The molecule has 6 nitrogen and oxygen atoms in total. The second kappa shape index (κ2) is 9.73. The van der Waals surface area contributed by atoms with Crippen LogP contribution in [-0.4, -0.2) is 30.9 Å². The Kier molecular flexibility index (Phi) is 7.05. The van der Waals surface area contributed by atoms with Crippen LogP contribution in [-0.2, 0) is 19.1 Å². The summed E-state index contributed by atoms with van der Waals surface area (Å²) in [5, 5.41) is 2.49. The molecule has 1 aliphatic rings. The third-order valence-electron chi connectivity index (χ3n) is 5.63. The van der Waals surface area contributed by atoms with Crippen molar-refractivity contribution in [2.75, 3.05) is 23.4 Å². The SMILES string of the molecule is CC[C@H](C)c1ccccc1N1C[C@@H](C(=O)OCC(=O)Nc2ccc(C)c(F)c2)CC1=O. The van der Waals surface area contributed by atoms with Gasteiger partial charge in [0.05, 0.1) is 5.92 Å². The number of benzene rings is 2. The smallest absolute Gasteiger partial charge is 0.311 e. The molecule has 0 aromatic heterocycles. The highest BCUT2D eigenvalue weighted by atomic mass is 19.1. The van der Waals surface area contributed by atoms with Crippen molar-refractivity contribution in [1.82, 2.24) is 0 Å². The van der Waals surface area contributed by atoms with Gasteiger partial charge in [0.2, 0.25) is 5.91 Å². The van der Waals surface area contributed by atoms with Crippen LogP contribution in [0.5, 0.6) is 0 Å². The molecule has 1 saturated heterocycles. The molecule has 2 amide bonds. The number of carbonyl (C=O) groups excluding carboxylic acids is 3. The fourth-order valence-electron chi connectivity index (χ4n) is 3.59. The molecule has 164 valence electrons. The van der Waals surface area contributed by atoms with E-state index in [1.54, 1.807) is 24.0 Å². The van der Waals surface area contributed by atoms with Gasteiger partial charge in [-0.2, -0.15) is 0 Å². The first-order valence-corrected chi connectivity index (χ1v) is 10.4. The third-order valence-corrected chi connectivity index (χ3v) is 5.63. The Bertz CT molecular complexity index is 991. The number of hydrogen-bond acceptors (Lipinski definition) is 4. The van der Waals surface area contributed by atoms with E-state index < -0.39 is 30.2 Å². The van der Waals surface area contributed by atoms with Gasteiger partial charge in [0.1, 0.15) is 5.82 Å². The van der Waals surface area contributed by atoms with Gasteiger partial charge in [-0.25, -0.2) is 4.39 Å². The van der Waals surface area contributed by atoms with Crippen molar-refractivity contribution in [1.29, 1.82) is 0 Å². The van der Waals surface area contributed by atoms with Gasteiger partial charge in [0.25, 0.3) is 5.91 Å². The lowest BCUT2D eigenvalue weighted by Gasteiger charge is -2.23. The van der Waals surface area contributed by atoms with Gasteiger partial charge in [-0.1, -0.05) is 38.1 Å². The molecule has 0 radical (unpaired) electrons. The number of nitrogens with zero attached hydrogens (tertiary/aromatic N) is 1.